The summed E-state index contributed by atoms with van der Waals surface area (Å²) in [4.78, 5) is 29.9. The van der Waals surface area contributed by atoms with Gasteiger partial charge < -0.3 is 4.42 Å². The topological polar surface area (TPSA) is 65.1 Å². The molecule has 0 saturated heterocycles. The molecule has 0 radical (unpaired) electrons. The zero-order valence-electron chi connectivity index (χ0n) is 12.4. The predicted molar refractivity (Wildman–Crippen MR) is 99.5 cm³/mol. The van der Waals surface area contributed by atoms with Crippen molar-refractivity contribution in [1.29, 1.82) is 0 Å². The van der Waals surface area contributed by atoms with Gasteiger partial charge in [0.05, 0.1) is 9.86 Å². The third kappa shape index (κ3) is 2.77. The molecule has 0 N–H and O–H groups in total. The summed E-state index contributed by atoms with van der Waals surface area (Å²) in [6.07, 6.45) is 0. The van der Waals surface area contributed by atoms with Crippen LogP contribution < -0.4 is 11.0 Å². The summed E-state index contributed by atoms with van der Waals surface area (Å²) in [5, 5.41) is 0.893. The minimum Gasteiger partial charge on any atom is -0.436 e. The summed E-state index contributed by atoms with van der Waals surface area (Å²) in [7, 11) is 0. The molecule has 0 unspecified atom stereocenters. The number of hydrogen-bond donors (Lipinski definition) is 0. The van der Waals surface area contributed by atoms with Crippen molar-refractivity contribution in [2.24, 2.45) is 0 Å². The number of halogens is 2. The number of thioether (sulfide) groups is 1. The van der Waals surface area contributed by atoms with Gasteiger partial charge >= 0.3 is 0 Å². The first-order valence-corrected chi connectivity index (χ1v) is 9.54. The Morgan fingerprint density at radius 2 is 2.00 bits per heavy atom. The van der Waals surface area contributed by atoms with Gasteiger partial charge in [-0.2, -0.15) is 4.98 Å². The van der Waals surface area contributed by atoms with Crippen LogP contribution in [-0.4, -0.2) is 15.3 Å². The van der Waals surface area contributed by atoms with Crippen molar-refractivity contribution in [3.8, 4) is 0 Å². The second kappa shape index (κ2) is 6.41. The van der Waals surface area contributed by atoms with E-state index in [1.54, 1.807) is 12.1 Å². The third-order valence-corrected chi connectivity index (χ3v) is 5.27. The molecule has 0 atom stereocenters. The molecular formula is C15H12Br2N2O3S. The zero-order valence-corrected chi connectivity index (χ0v) is 16.3. The van der Waals surface area contributed by atoms with E-state index in [-0.39, 0.29) is 22.1 Å². The van der Waals surface area contributed by atoms with Crippen LogP contribution in [0.25, 0.3) is 22.1 Å². The van der Waals surface area contributed by atoms with Crippen molar-refractivity contribution < 1.29 is 4.42 Å². The van der Waals surface area contributed by atoms with E-state index < -0.39 is 0 Å². The number of hydrogen-bond acceptors (Lipinski definition) is 5. The average molecular weight is 460 g/mol. The van der Waals surface area contributed by atoms with Gasteiger partial charge in [0.1, 0.15) is 0 Å². The van der Waals surface area contributed by atoms with E-state index in [2.05, 4.69) is 36.8 Å². The zero-order chi connectivity index (χ0) is 16.7. The molecule has 0 aliphatic heterocycles. The summed E-state index contributed by atoms with van der Waals surface area (Å²) >= 11 is 8.18. The van der Waals surface area contributed by atoms with Crippen LogP contribution in [0, 0.1) is 0 Å². The van der Waals surface area contributed by atoms with E-state index in [1.165, 1.54) is 16.3 Å². The number of aromatic nitrogens is 2. The molecular weight excluding hydrogens is 448 g/mol. The maximum Gasteiger partial charge on any atom is 0.269 e. The average Bonchev–Trinajstić information content (AvgIpc) is 2.49. The van der Waals surface area contributed by atoms with Gasteiger partial charge in [0.25, 0.3) is 5.56 Å². The first-order chi connectivity index (χ1) is 11.0. The van der Waals surface area contributed by atoms with Crippen LogP contribution in [0.3, 0.4) is 0 Å². The molecule has 0 fully saturated rings. The quantitative estimate of drug-likeness (QED) is 0.334. The molecule has 2 heterocycles. The second-order valence-corrected chi connectivity index (χ2v) is 7.75. The van der Waals surface area contributed by atoms with Gasteiger partial charge in [0, 0.05) is 11.0 Å². The largest absolute Gasteiger partial charge is 0.436 e. The minimum absolute atomic E-state index is 0.00944. The Morgan fingerprint density at radius 1 is 1.26 bits per heavy atom. The highest BCUT2D eigenvalue weighted by Crippen LogP contribution is 2.28. The molecule has 5 nitrogen and oxygen atoms in total. The van der Waals surface area contributed by atoms with E-state index in [0.717, 1.165) is 10.2 Å². The number of rotatable bonds is 3. The van der Waals surface area contributed by atoms with Gasteiger partial charge in [0.2, 0.25) is 11.1 Å². The fraction of sp³-hybridized carbons (Fsp3) is 0.267. The molecule has 0 spiro atoms. The van der Waals surface area contributed by atoms with Gasteiger partial charge in [-0.05, 0) is 40.7 Å². The maximum absolute atomic E-state index is 12.8. The summed E-state index contributed by atoms with van der Waals surface area (Å²) in [6, 6.07) is 3.43. The lowest BCUT2D eigenvalue weighted by Gasteiger charge is -2.10. The van der Waals surface area contributed by atoms with Crippen LogP contribution >= 0.6 is 43.6 Å². The lowest BCUT2D eigenvalue weighted by Crippen LogP contribution is -2.26. The lowest BCUT2D eigenvalue weighted by atomic mass is 10.2. The smallest absolute Gasteiger partial charge is 0.269 e. The van der Waals surface area contributed by atoms with E-state index in [9.17, 15) is 9.59 Å². The van der Waals surface area contributed by atoms with Crippen molar-refractivity contribution in [2.75, 3.05) is 5.75 Å². The summed E-state index contributed by atoms with van der Waals surface area (Å²) < 4.78 is 8.64. The van der Waals surface area contributed by atoms with Crippen molar-refractivity contribution in [3.63, 3.8) is 0 Å². The van der Waals surface area contributed by atoms with Crippen LogP contribution in [0.2, 0.25) is 0 Å². The monoisotopic (exact) mass is 458 g/mol. The van der Waals surface area contributed by atoms with Crippen LogP contribution in [0.15, 0.2) is 40.2 Å². The standard InChI is InChI=1S/C15H12Br2N2O3S/c1-3-19-14(21)10-11(20)8-5-7(16)6-9(17)12(8)22-13(10)18-15(19)23-4-2/h5-6H,3-4H2,1-2H3. The van der Waals surface area contributed by atoms with E-state index >= 15 is 0 Å². The fourth-order valence-electron chi connectivity index (χ4n) is 2.37. The van der Waals surface area contributed by atoms with Crippen molar-refractivity contribution >= 4 is 65.7 Å². The van der Waals surface area contributed by atoms with E-state index in [4.69, 9.17) is 4.42 Å². The number of nitrogens with zero attached hydrogens (tertiary/aromatic N) is 2. The van der Waals surface area contributed by atoms with Crippen molar-refractivity contribution in [2.45, 2.75) is 25.5 Å². The minimum atomic E-state index is -0.365. The summed E-state index contributed by atoms with van der Waals surface area (Å²) in [5.74, 6) is 0.770. The molecule has 3 rings (SSSR count). The Morgan fingerprint density at radius 3 is 2.65 bits per heavy atom. The molecule has 0 saturated carbocycles. The first-order valence-electron chi connectivity index (χ1n) is 6.97. The van der Waals surface area contributed by atoms with Crippen molar-refractivity contribution in [3.05, 3.63) is 41.7 Å². The van der Waals surface area contributed by atoms with Crippen LogP contribution in [0.5, 0.6) is 0 Å². The molecule has 1 aromatic carbocycles. The van der Waals surface area contributed by atoms with Gasteiger partial charge in [-0.1, -0.05) is 34.6 Å². The van der Waals surface area contributed by atoms with E-state index in [0.29, 0.717) is 27.1 Å². The molecule has 120 valence electrons. The molecule has 0 aliphatic rings. The molecule has 8 heteroatoms. The van der Waals surface area contributed by atoms with Crippen LogP contribution in [0.4, 0.5) is 0 Å². The highest BCUT2D eigenvalue weighted by atomic mass is 79.9. The normalized spacial score (nSPS) is 11.5. The molecule has 2 aromatic heterocycles. The molecule has 0 bridgehead atoms. The molecule has 3 aromatic rings. The predicted octanol–water partition coefficient (Wildman–Crippen LogP) is 4.16. The second-order valence-electron chi connectivity index (χ2n) is 4.75. The summed E-state index contributed by atoms with van der Waals surface area (Å²) in [5.41, 5.74) is -0.258. The molecule has 23 heavy (non-hydrogen) atoms. The first kappa shape index (κ1) is 16.7. The van der Waals surface area contributed by atoms with Crippen LogP contribution in [0.1, 0.15) is 13.8 Å². The van der Waals surface area contributed by atoms with Gasteiger partial charge in [-0.15, -0.1) is 0 Å². The highest BCUT2D eigenvalue weighted by molar-refractivity contribution is 9.11. The SMILES string of the molecule is CCSc1nc2oc3c(Br)cc(Br)cc3c(=O)c2c(=O)n1CC. The lowest BCUT2D eigenvalue weighted by molar-refractivity contribution is 0.590. The molecule has 0 aliphatic carbocycles. The van der Waals surface area contributed by atoms with Crippen LogP contribution in [-0.2, 0) is 6.54 Å². The maximum atomic E-state index is 12.8. The Labute approximate surface area is 152 Å². The Hall–Kier alpha value is -1.12. The Bertz CT molecular complexity index is 1040. The van der Waals surface area contributed by atoms with Crippen molar-refractivity contribution in [1.82, 2.24) is 9.55 Å². The highest BCUT2D eigenvalue weighted by Gasteiger charge is 2.18. The summed E-state index contributed by atoms with van der Waals surface area (Å²) in [6.45, 7) is 4.28. The Kier molecular flexibility index (Phi) is 4.66. The fourth-order valence-corrected chi connectivity index (χ4v) is 4.45. The molecule has 0 amide bonds. The van der Waals surface area contributed by atoms with Gasteiger partial charge in [-0.3, -0.25) is 14.2 Å². The van der Waals surface area contributed by atoms with Gasteiger partial charge in [0.15, 0.2) is 16.1 Å². The van der Waals surface area contributed by atoms with Gasteiger partial charge in [-0.25, -0.2) is 0 Å². The number of benzene rings is 1. The number of fused-ring (bicyclic) bond motifs is 2. The third-order valence-electron chi connectivity index (χ3n) is 3.37. The Balaban J connectivity index is 2.55. The van der Waals surface area contributed by atoms with E-state index in [1.807, 2.05) is 13.8 Å².